The summed E-state index contributed by atoms with van der Waals surface area (Å²) < 4.78 is 16.0. The van der Waals surface area contributed by atoms with Gasteiger partial charge >= 0.3 is 29.0 Å². The van der Waals surface area contributed by atoms with E-state index >= 15 is 0 Å². The van der Waals surface area contributed by atoms with Crippen molar-refractivity contribution in [2.75, 3.05) is 0 Å². The van der Waals surface area contributed by atoms with Crippen LogP contribution in [-0.4, -0.2) is 97.7 Å². The monoisotopic (exact) mass is 746 g/mol. The molecule has 2 aliphatic carbocycles. The first-order chi connectivity index (χ1) is 21.8. The molecule has 0 spiro atoms. The van der Waals surface area contributed by atoms with Crippen molar-refractivity contribution in [1.29, 1.82) is 0 Å². The zero-order valence-corrected chi connectivity index (χ0v) is 32.1. The minimum atomic E-state index is -0.700. The molecular weight excluding hydrogens is 676 g/mol. The molecule has 9 unspecified atom stereocenters. The van der Waals surface area contributed by atoms with Crippen molar-refractivity contribution in [3.63, 3.8) is 0 Å². The molecule has 292 valence electrons. The summed E-state index contributed by atoms with van der Waals surface area (Å²) in [6.07, 6.45) is 15.4. The number of aliphatic hydroxyl groups excluding tert-OH is 6. The van der Waals surface area contributed by atoms with E-state index in [0.717, 1.165) is 18.6 Å². The smallest absolute Gasteiger partial charge is 0.393 e. The Labute approximate surface area is 307 Å². The molecule has 0 aromatic carbocycles. The van der Waals surface area contributed by atoms with Crippen LogP contribution in [0.3, 0.4) is 0 Å². The molecule has 4 rings (SSSR count). The van der Waals surface area contributed by atoms with Crippen LogP contribution in [0.5, 0.6) is 0 Å². The fraction of sp³-hybridized carbons (Fsp3) is 0.838. The number of esters is 2. The van der Waals surface area contributed by atoms with Gasteiger partial charge in [0.1, 0.15) is 0 Å². The Balaban J connectivity index is -0.000000633. The largest absolute Gasteiger partial charge is 2.00 e. The molecule has 6 N–H and O–H groups in total. The third-order valence-electron chi connectivity index (χ3n) is 8.60. The molecule has 4 aliphatic rings. The topological polar surface area (TPSA) is 183 Å². The van der Waals surface area contributed by atoms with E-state index in [4.69, 9.17) is 14.6 Å². The van der Waals surface area contributed by atoms with Gasteiger partial charge in [-0.15, -0.1) is 0 Å². The van der Waals surface area contributed by atoms with Gasteiger partial charge in [-0.05, 0) is 78.1 Å². The van der Waals surface area contributed by atoms with E-state index in [1.807, 2.05) is 13.8 Å². The first-order valence-corrected chi connectivity index (χ1v) is 17.7. The predicted octanol–water partition coefficient (Wildman–Crippen LogP) is 5.11. The Morgan fingerprint density at radius 2 is 1.10 bits per heavy atom. The van der Waals surface area contributed by atoms with Gasteiger partial charge in [0, 0.05) is 18.1 Å². The van der Waals surface area contributed by atoms with E-state index < -0.39 is 48.6 Å². The Morgan fingerprint density at radius 3 is 1.51 bits per heavy atom. The molecule has 0 amide bonds. The number of carbonyl (C=O) groups is 2. The Bertz CT molecular complexity index is 810. The van der Waals surface area contributed by atoms with Gasteiger partial charge in [0.05, 0.1) is 48.8 Å². The maximum Gasteiger partial charge on any atom is 2.00 e. The minimum absolute atomic E-state index is 0. The third kappa shape index (κ3) is 26.5. The molecule has 11 nitrogen and oxygen atoms in total. The van der Waals surface area contributed by atoms with E-state index in [1.54, 1.807) is 6.92 Å². The fourth-order valence-electron chi connectivity index (χ4n) is 5.98. The summed E-state index contributed by atoms with van der Waals surface area (Å²) in [7, 11) is 0. The summed E-state index contributed by atoms with van der Waals surface area (Å²) in [6.45, 7) is 7.45. The van der Waals surface area contributed by atoms with Gasteiger partial charge in [0.2, 0.25) is 0 Å². The number of ether oxygens (including phenoxy) is 3. The van der Waals surface area contributed by atoms with Crippen LogP contribution < -0.4 is 0 Å². The number of cyclic esters (lactones) is 2. The van der Waals surface area contributed by atoms with E-state index in [0.29, 0.717) is 31.6 Å². The second-order valence-corrected chi connectivity index (χ2v) is 13.3. The van der Waals surface area contributed by atoms with E-state index in [2.05, 4.69) is 11.7 Å². The van der Waals surface area contributed by atoms with Crippen LogP contribution in [0.4, 0.5) is 0 Å². The Hall–Kier alpha value is -0.921. The molecule has 2 saturated carbocycles. The van der Waals surface area contributed by atoms with Crippen LogP contribution in [0.2, 0.25) is 0 Å². The van der Waals surface area contributed by atoms with Crippen molar-refractivity contribution in [3.05, 3.63) is 27.0 Å². The zero-order valence-electron chi connectivity index (χ0n) is 31.0. The number of aliphatic hydroxyl groups is 6. The molecular formula is C37H70FeO11. The van der Waals surface area contributed by atoms with Crippen LogP contribution in [0, 0.1) is 20.8 Å². The molecule has 2 heterocycles. The number of rotatable bonds is 13. The van der Waals surface area contributed by atoms with Crippen LogP contribution >= 0.6 is 0 Å². The quantitative estimate of drug-likeness (QED) is 0.0637. The second-order valence-electron chi connectivity index (χ2n) is 13.3. The third-order valence-corrected chi connectivity index (χ3v) is 8.60. The summed E-state index contributed by atoms with van der Waals surface area (Å²) in [6, 6.07) is 0. The molecule has 12 heteroatoms. The standard InChI is InChI=1S/C16H30O4.C10H22O4.C5H10.C4H2O3.2CH3.Fe/c1-3-13(17)9-14(18)10-15-8-11(2)19-16(20-15)12-6-4-5-7-12;1-3-8(12)5-10(14)6-9(13)4-7(2)11;1-2-4-5-3-1;5-3-1-2-4(6)7-3;;;/h11-18H,3-10H2,1-2H3;7-14H,3-6H2,1-2H3;1-5H2;1-2H;2*1H3;/q;;;;2*-1;+2. The van der Waals surface area contributed by atoms with Crippen molar-refractivity contribution in [1.82, 2.24) is 0 Å². The summed E-state index contributed by atoms with van der Waals surface area (Å²) in [5.74, 6) is -0.631. The van der Waals surface area contributed by atoms with Gasteiger partial charge in [0.15, 0.2) is 6.29 Å². The SMILES string of the molecule is C1CCCC1.CCC(O)CC(O)CC(O)CC(C)O.CCC(O)CC(O)CC1CC(C)OC(C2CCCC2)O1.O=C1C=CC(=O)O1.[CH3-].[CH3-].[Fe+2]. The van der Waals surface area contributed by atoms with Crippen molar-refractivity contribution >= 4 is 11.9 Å². The van der Waals surface area contributed by atoms with Gasteiger partial charge in [-0.2, -0.15) is 0 Å². The average molecular weight is 747 g/mol. The number of carbonyl (C=O) groups excluding carboxylic acids is 2. The van der Waals surface area contributed by atoms with E-state index in [-0.39, 0.29) is 69.7 Å². The summed E-state index contributed by atoms with van der Waals surface area (Å²) in [4.78, 5) is 19.8. The molecule has 0 aromatic heterocycles. The Kier molecular flexibility index (Phi) is 32.8. The van der Waals surface area contributed by atoms with Gasteiger partial charge in [-0.25, -0.2) is 9.59 Å². The number of hydrogen-bond donors (Lipinski definition) is 6. The summed E-state index contributed by atoms with van der Waals surface area (Å²) >= 11 is 0. The molecule has 0 radical (unpaired) electrons. The van der Waals surface area contributed by atoms with E-state index in [9.17, 15) is 35.1 Å². The van der Waals surface area contributed by atoms with Crippen LogP contribution in [0.1, 0.15) is 137 Å². The normalized spacial score (nSPS) is 25.1. The second kappa shape index (κ2) is 30.7. The van der Waals surface area contributed by atoms with E-state index in [1.165, 1.54) is 57.8 Å². The van der Waals surface area contributed by atoms with Crippen LogP contribution in [-0.2, 0) is 40.9 Å². The molecule has 0 bridgehead atoms. The molecule has 0 aromatic rings. The fourth-order valence-corrected chi connectivity index (χ4v) is 5.98. The van der Waals surface area contributed by atoms with Crippen molar-refractivity contribution in [2.45, 2.75) is 192 Å². The van der Waals surface area contributed by atoms with Gasteiger partial charge in [0.25, 0.3) is 0 Å². The predicted molar refractivity (Wildman–Crippen MR) is 187 cm³/mol. The first-order valence-electron chi connectivity index (χ1n) is 17.7. The molecule has 3 fully saturated rings. The molecule has 1 saturated heterocycles. The zero-order chi connectivity index (χ0) is 34.5. The molecule has 49 heavy (non-hydrogen) atoms. The summed E-state index contributed by atoms with van der Waals surface area (Å²) in [5, 5.41) is 56.7. The minimum Gasteiger partial charge on any atom is -0.393 e. The van der Waals surface area contributed by atoms with Crippen LogP contribution in [0.25, 0.3) is 0 Å². The van der Waals surface area contributed by atoms with Crippen molar-refractivity contribution < 1.29 is 71.5 Å². The maximum atomic E-state index is 10.1. The number of hydrogen-bond acceptors (Lipinski definition) is 11. The molecule has 9 atom stereocenters. The maximum absolute atomic E-state index is 10.1. The van der Waals surface area contributed by atoms with Crippen molar-refractivity contribution in [2.24, 2.45) is 5.92 Å². The molecule has 2 aliphatic heterocycles. The average Bonchev–Trinajstić information content (AvgIpc) is 3.78. The first kappa shape index (κ1) is 52.4. The van der Waals surface area contributed by atoms with Crippen molar-refractivity contribution in [3.8, 4) is 0 Å². The van der Waals surface area contributed by atoms with Crippen LogP contribution in [0.15, 0.2) is 12.2 Å². The van der Waals surface area contributed by atoms with Gasteiger partial charge < -0.3 is 59.7 Å². The van der Waals surface area contributed by atoms with Gasteiger partial charge in [-0.1, -0.05) is 58.8 Å². The Morgan fingerprint density at radius 1 is 0.673 bits per heavy atom. The summed E-state index contributed by atoms with van der Waals surface area (Å²) in [5.41, 5.74) is 0. The van der Waals surface area contributed by atoms with Gasteiger partial charge in [-0.3, -0.25) is 0 Å².